The molecule has 2 nitrogen and oxygen atoms in total. The molecule has 0 bridgehead atoms. The molecule has 0 radical (unpaired) electrons. The van der Waals surface area contributed by atoms with Gasteiger partial charge in [-0.05, 0) is 18.3 Å². The first-order chi connectivity index (χ1) is 10.2. The van der Waals surface area contributed by atoms with Gasteiger partial charge in [-0.2, -0.15) is 0 Å². The van der Waals surface area contributed by atoms with E-state index in [0.29, 0.717) is 5.41 Å². The van der Waals surface area contributed by atoms with Crippen LogP contribution in [0.5, 0.6) is 0 Å². The van der Waals surface area contributed by atoms with Crippen molar-refractivity contribution in [3.63, 3.8) is 0 Å². The summed E-state index contributed by atoms with van der Waals surface area (Å²) in [5, 5.41) is 3.48. The van der Waals surface area contributed by atoms with Crippen molar-refractivity contribution in [3.05, 3.63) is 0 Å². The minimum Gasteiger partial charge on any atom is -0.314 e. The monoisotopic (exact) mass is 296 g/mol. The van der Waals surface area contributed by atoms with Gasteiger partial charge in [0.25, 0.3) is 0 Å². The van der Waals surface area contributed by atoms with Crippen LogP contribution in [0.3, 0.4) is 0 Å². The predicted octanol–water partition coefficient (Wildman–Crippen LogP) is 4.84. The van der Waals surface area contributed by atoms with E-state index in [2.05, 4.69) is 31.0 Å². The highest BCUT2D eigenvalue weighted by Crippen LogP contribution is 2.32. The third kappa shape index (κ3) is 8.83. The van der Waals surface area contributed by atoms with Crippen molar-refractivity contribution in [1.29, 1.82) is 0 Å². The highest BCUT2D eigenvalue weighted by molar-refractivity contribution is 4.81. The van der Waals surface area contributed by atoms with E-state index in [1.54, 1.807) is 0 Å². The molecule has 126 valence electrons. The molecule has 1 fully saturated rings. The third-order valence-corrected chi connectivity index (χ3v) is 5.08. The fraction of sp³-hybridized carbons (Fsp3) is 1.00. The van der Waals surface area contributed by atoms with Gasteiger partial charge < -0.3 is 10.2 Å². The number of nitrogens with one attached hydrogen (secondary N) is 1. The molecule has 0 spiro atoms. The molecule has 0 aromatic rings. The maximum Gasteiger partial charge on any atom is 0.0108 e. The van der Waals surface area contributed by atoms with Gasteiger partial charge in [0.15, 0.2) is 0 Å². The summed E-state index contributed by atoms with van der Waals surface area (Å²) in [6.07, 6.45) is 14.1. The number of hydrogen-bond acceptors (Lipinski definition) is 2. The average Bonchev–Trinajstić information content (AvgIpc) is 2.49. The molecular formula is C19H40N2. The van der Waals surface area contributed by atoms with Gasteiger partial charge in [0, 0.05) is 32.7 Å². The molecule has 0 unspecified atom stereocenters. The summed E-state index contributed by atoms with van der Waals surface area (Å²) >= 11 is 0. The van der Waals surface area contributed by atoms with Crippen LogP contribution in [0.2, 0.25) is 0 Å². The topological polar surface area (TPSA) is 15.3 Å². The number of rotatable bonds is 12. The van der Waals surface area contributed by atoms with Gasteiger partial charge >= 0.3 is 0 Å². The van der Waals surface area contributed by atoms with Gasteiger partial charge in [-0.1, -0.05) is 72.1 Å². The Bertz CT molecular complexity index is 222. The van der Waals surface area contributed by atoms with E-state index in [-0.39, 0.29) is 0 Å². The lowest BCUT2D eigenvalue weighted by molar-refractivity contribution is 0.125. The fourth-order valence-electron chi connectivity index (χ4n) is 3.65. The summed E-state index contributed by atoms with van der Waals surface area (Å²) in [5.41, 5.74) is 0.554. The number of hydrogen-bond donors (Lipinski definition) is 1. The molecule has 1 aliphatic heterocycles. The number of unbranched alkanes of at least 4 members (excludes halogenated alkanes) is 6. The van der Waals surface area contributed by atoms with E-state index in [9.17, 15) is 0 Å². The van der Waals surface area contributed by atoms with Crippen LogP contribution in [0.1, 0.15) is 85.0 Å². The summed E-state index contributed by atoms with van der Waals surface area (Å²) < 4.78 is 0. The second-order valence-electron chi connectivity index (χ2n) is 7.46. The summed E-state index contributed by atoms with van der Waals surface area (Å²) in [6, 6.07) is 0. The highest BCUT2D eigenvalue weighted by Gasteiger charge is 2.26. The molecular weight excluding hydrogens is 256 g/mol. The molecule has 0 saturated carbocycles. The lowest BCUT2D eigenvalue weighted by Crippen LogP contribution is -2.47. The van der Waals surface area contributed by atoms with Gasteiger partial charge in [0.05, 0.1) is 0 Å². The highest BCUT2D eigenvalue weighted by atomic mass is 15.2. The normalized spacial score (nSPS) is 17.3. The van der Waals surface area contributed by atoms with Crippen molar-refractivity contribution in [2.75, 3.05) is 32.7 Å². The quantitative estimate of drug-likeness (QED) is 0.518. The molecule has 0 aromatic heterocycles. The van der Waals surface area contributed by atoms with Crippen LogP contribution in [0.15, 0.2) is 0 Å². The van der Waals surface area contributed by atoms with Crippen LogP contribution >= 0.6 is 0 Å². The van der Waals surface area contributed by atoms with E-state index >= 15 is 0 Å². The Morgan fingerprint density at radius 2 is 1.33 bits per heavy atom. The first kappa shape index (κ1) is 19.0. The summed E-state index contributed by atoms with van der Waals surface area (Å²) in [6.45, 7) is 13.4. The Morgan fingerprint density at radius 3 is 1.81 bits per heavy atom. The van der Waals surface area contributed by atoms with E-state index in [1.165, 1.54) is 96.9 Å². The molecule has 0 aliphatic carbocycles. The van der Waals surface area contributed by atoms with Crippen LogP contribution in [0.4, 0.5) is 0 Å². The molecule has 1 heterocycles. The molecule has 0 atom stereocenters. The molecule has 0 amide bonds. The lowest BCUT2D eigenvalue weighted by Gasteiger charge is -2.38. The Labute approximate surface area is 134 Å². The maximum atomic E-state index is 3.48. The zero-order chi connectivity index (χ0) is 15.4. The standard InChI is InChI=1S/C19H40N2/c1-4-6-8-10-12-19(3,13-11-9-7-5-2)18-21-16-14-20-15-17-21/h20H,4-18H2,1-3H3. The van der Waals surface area contributed by atoms with Gasteiger partial charge in [-0.15, -0.1) is 0 Å². The molecule has 1 saturated heterocycles. The van der Waals surface area contributed by atoms with Crippen LogP contribution in [-0.4, -0.2) is 37.6 Å². The fourth-order valence-corrected chi connectivity index (χ4v) is 3.65. The lowest BCUT2D eigenvalue weighted by atomic mass is 9.79. The average molecular weight is 297 g/mol. The van der Waals surface area contributed by atoms with E-state index in [0.717, 1.165) is 0 Å². The SMILES string of the molecule is CCCCCCC(C)(CCCCCC)CN1CCNCC1. The van der Waals surface area contributed by atoms with Crippen molar-refractivity contribution in [3.8, 4) is 0 Å². The Morgan fingerprint density at radius 1 is 0.810 bits per heavy atom. The number of piperazine rings is 1. The van der Waals surface area contributed by atoms with Crippen molar-refractivity contribution in [2.24, 2.45) is 5.41 Å². The van der Waals surface area contributed by atoms with E-state index in [4.69, 9.17) is 0 Å². The molecule has 1 N–H and O–H groups in total. The zero-order valence-electron chi connectivity index (χ0n) is 15.1. The smallest absolute Gasteiger partial charge is 0.0108 e. The van der Waals surface area contributed by atoms with Gasteiger partial charge in [-0.3, -0.25) is 0 Å². The summed E-state index contributed by atoms with van der Waals surface area (Å²) in [5.74, 6) is 0. The third-order valence-electron chi connectivity index (χ3n) is 5.08. The van der Waals surface area contributed by atoms with Crippen LogP contribution < -0.4 is 5.32 Å². The van der Waals surface area contributed by atoms with Crippen molar-refractivity contribution in [2.45, 2.75) is 85.0 Å². The maximum absolute atomic E-state index is 3.48. The molecule has 1 rings (SSSR count). The Hall–Kier alpha value is -0.0800. The molecule has 0 aromatic carbocycles. The van der Waals surface area contributed by atoms with Gasteiger partial charge in [-0.25, -0.2) is 0 Å². The largest absolute Gasteiger partial charge is 0.314 e. The van der Waals surface area contributed by atoms with Gasteiger partial charge in [0.2, 0.25) is 0 Å². The summed E-state index contributed by atoms with van der Waals surface area (Å²) in [4.78, 5) is 2.70. The second kappa shape index (κ2) is 11.5. The Kier molecular flexibility index (Phi) is 10.4. The van der Waals surface area contributed by atoms with E-state index in [1.807, 2.05) is 0 Å². The Balaban J connectivity index is 2.37. The first-order valence-electron chi connectivity index (χ1n) is 9.63. The number of nitrogens with zero attached hydrogens (tertiary/aromatic N) is 1. The second-order valence-corrected chi connectivity index (χ2v) is 7.46. The predicted molar refractivity (Wildman–Crippen MR) is 94.9 cm³/mol. The molecule has 21 heavy (non-hydrogen) atoms. The van der Waals surface area contributed by atoms with Crippen molar-refractivity contribution in [1.82, 2.24) is 10.2 Å². The van der Waals surface area contributed by atoms with E-state index < -0.39 is 0 Å². The van der Waals surface area contributed by atoms with Crippen molar-refractivity contribution >= 4 is 0 Å². The van der Waals surface area contributed by atoms with Gasteiger partial charge in [0.1, 0.15) is 0 Å². The minimum atomic E-state index is 0.554. The van der Waals surface area contributed by atoms with Crippen molar-refractivity contribution < 1.29 is 0 Å². The zero-order valence-corrected chi connectivity index (χ0v) is 15.1. The molecule has 2 heteroatoms. The first-order valence-corrected chi connectivity index (χ1v) is 9.63. The van der Waals surface area contributed by atoms with Crippen LogP contribution in [-0.2, 0) is 0 Å². The van der Waals surface area contributed by atoms with Crippen LogP contribution in [0.25, 0.3) is 0 Å². The molecule has 1 aliphatic rings. The van der Waals surface area contributed by atoms with Crippen LogP contribution in [0, 0.1) is 5.41 Å². The minimum absolute atomic E-state index is 0.554. The summed E-state index contributed by atoms with van der Waals surface area (Å²) in [7, 11) is 0.